The summed E-state index contributed by atoms with van der Waals surface area (Å²) in [5.41, 5.74) is 2.58. The number of benzene rings is 1. The van der Waals surface area contributed by atoms with Crippen LogP contribution < -0.4 is 5.32 Å². The second kappa shape index (κ2) is 7.57. The lowest BCUT2D eigenvalue weighted by molar-refractivity contribution is 0.570. The highest BCUT2D eigenvalue weighted by molar-refractivity contribution is 7.99. The van der Waals surface area contributed by atoms with Crippen molar-refractivity contribution >= 4 is 11.8 Å². The van der Waals surface area contributed by atoms with E-state index in [1.165, 1.54) is 22.5 Å². The van der Waals surface area contributed by atoms with Crippen molar-refractivity contribution in [1.82, 2.24) is 5.32 Å². The highest BCUT2D eigenvalue weighted by Crippen LogP contribution is 2.22. The van der Waals surface area contributed by atoms with E-state index in [1.807, 2.05) is 11.8 Å². The largest absolute Gasteiger partial charge is 0.310 e. The van der Waals surface area contributed by atoms with Gasteiger partial charge in [0.15, 0.2) is 0 Å². The molecular formula is C15H23NS. The lowest BCUT2D eigenvalue weighted by Crippen LogP contribution is -2.19. The number of hydrogen-bond acceptors (Lipinski definition) is 2. The minimum Gasteiger partial charge on any atom is -0.310 e. The Morgan fingerprint density at radius 2 is 2.00 bits per heavy atom. The van der Waals surface area contributed by atoms with Gasteiger partial charge < -0.3 is 5.32 Å². The van der Waals surface area contributed by atoms with Gasteiger partial charge in [-0.05, 0) is 44.5 Å². The number of hydrogen-bond donors (Lipinski definition) is 1. The molecule has 1 aromatic carbocycles. The van der Waals surface area contributed by atoms with Crippen LogP contribution >= 0.6 is 11.8 Å². The highest BCUT2D eigenvalue weighted by atomic mass is 32.2. The molecule has 2 heteroatoms. The third kappa shape index (κ3) is 5.42. The lowest BCUT2D eigenvalue weighted by Gasteiger charge is -2.14. The Bertz CT molecular complexity index is 342. The van der Waals surface area contributed by atoms with Gasteiger partial charge in [0, 0.05) is 16.7 Å². The van der Waals surface area contributed by atoms with E-state index in [1.54, 1.807) is 0 Å². The maximum atomic E-state index is 3.92. The maximum absolute atomic E-state index is 3.92. The van der Waals surface area contributed by atoms with Gasteiger partial charge in [-0.15, -0.1) is 11.8 Å². The minimum absolute atomic E-state index is 0.440. The Morgan fingerprint density at radius 1 is 1.35 bits per heavy atom. The van der Waals surface area contributed by atoms with Gasteiger partial charge in [0.1, 0.15) is 0 Å². The SMILES string of the molecule is C=C(C)CSc1ccc(C(C)NCCC)cc1. The van der Waals surface area contributed by atoms with E-state index in [-0.39, 0.29) is 0 Å². The van der Waals surface area contributed by atoms with Crippen molar-refractivity contribution in [1.29, 1.82) is 0 Å². The van der Waals surface area contributed by atoms with Crippen LogP contribution in [0, 0.1) is 0 Å². The molecule has 0 radical (unpaired) electrons. The van der Waals surface area contributed by atoms with Crippen LogP contribution in [0.5, 0.6) is 0 Å². The van der Waals surface area contributed by atoms with Crippen molar-refractivity contribution in [2.75, 3.05) is 12.3 Å². The van der Waals surface area contributed by atoms with Gasteiger partial charge in [0.2, 0.25) is 0 Å². The third-order valence-corrected chi connectivity index (χ3v) is 3.81. The molecule has 1 atom stereocenters. The molecule has 0 bridgehead atoms. The summed E-state index contributed by atoms with van der Waals surface area (Å²) in [5.74, 6) is 1.00. The van der Waals surface area contributed by atoms with Crippen LogP contribution in [0.4, 0.5) is 0 Å². The molecule has 1 N–H and O–H groups in total. The Hall–Kier alpha value is -0.730. The molecule has 94 valence electrons. The molecule has 0 spiro atoms. The quantitative estimate of drug-likeness (QED) is 0.567. The fourth-order valence-electron chi connectivity index (χ4n) is 1.54. The zero-order valence-corrected chi connectivity index (χ0v) is 11.9. The molecule has 0 amide bonds. The van der Waals surface area contributed by atoms with E-state index < -0.39 is 0 Å². The van der Waals surface area contributed by atoms with Crippen molar-refractivity contribution in [2.45, 2.75) is 38.1 Å². The topological polar surface area (TPSA) is 12.0 Å². The highest BCUT2D eigenvalue weighted by Gasteiger charge is 2.03. The molecule has 0 aliphatic carbocycles. The molecule has 0 saturated heterocycles. The van der Waals surface area contributed by atoms with Gasteiger partial charge in [0.25, 0.3) is 0 Å². The fraction of sp³-hybridized carbons (Fsp3) is 0.467. The molecule has 1 rings (SSSR count). The Balaban J connectivity index is 2.51. The first kappa shape index (κ1) is 14.3. The lowest BCUT2D eigenvalue weighted by atomic mass is 10.1. The summed E-state index contributed by atoms with van der Waals surface area (Å²) < 4.78 is 0. The summed E-state index contributed by atoms with van der Waals surface area (Å²) in [6, 6.07) is 9.28. The van der Waals surface area contributed by atoms with Crippen LogP contribution in [0.1, 0.15) is 38.8 Å². The minimum atomic E-state index is 0.440. The molecule has 1 unspecified atom stereocenters. The zero-order chi connectivity index (χ0) is 12.7. The zero-order valence-electron chi connectivity index (χ0n) is 11.1. The predicted molar refractivity (Wildman–Crippen MR) is 78.7 cm³/mol. The first-order valence-corrected chi connectivity index (χ1v) is 7.22. The van der Waals surface area contributed by atoms with Crippen LogP contribution in [-0.4, -0.2) is 12.3 Å². The van der Waals surface area contributed by atoms with Gasteiger partial charge in [-0.2, -0.15) is 0 Å². The first-order chi connectivity index (χ1) is 8.13. The van der Waals surface area contributed by atoms with Crippen molar-refractivity contribution < 1.29 is 0 Å². The van der Waals surface area contributed by atoms with E-state index in [0.717, 1.165) is 12.3 Å². The van der Waals surface area contributed by atoms with Crippen LogP contribution in [0.15, 0.2) is 41.3 Å². The summed E-state index contributed by atoms with van der Waals surface area (Å²) in [6.45, 7) is 11.5. The van der Waals surface area contributed by atoms with Crippen LogP contribution in [0.2, 0.25) is 0 Å². The first-order valence-electron chi connectivity index (χ1n) is 6.24. The average Bonchev–Trinajstić information content (AvgIpc) is 2.34. The Morgan fingerprint density at radius 3 is 2.53 bits per heavy atom. The van der Waals surface area contributed by atoms with Crippen LogP contribution in [-0.2, 0) is 0 Å². The normalized spacial score (nSPS) is 12.4. The molecule has 0 saturated carbocycles. The maximum Gasteiger partial charge on any atom is 0.0291 e. The van der Waals surface area contributed by atoms with E-state index in [9.17, 15) is 0 Å². The van der Waals surface area contributed by atoms with E-state index in [0.29, 0.717) is 6.04 Å². The van der Waals surface area contributed by atoms with E-state index in [4.69, 9.17) is 0 Å². The van der Waals surface area contributed by atoms with Gasteiger partial charge in [0.05, 0.1) is 0 Å². The monoisotopic (exact) mass is 249 g/mol. The third-order valence-electron chi connectivity index (χ3n) is 2.57. The second-order valence-electron chi connectivity index (χ2n) is 4.49. The van der Waals surface area contributed by atoms with Crippen molar-refractivity contribution in [2.24, 2.45) is 0 Å². The van der Waals surface area contributed by atoms with Crippen molar-refractivity contribution in [3.05, 3.63) is 42.0 Å². The number of thioether (sulfide) groups is 1. The molecule has 0 heterocycles. The second-order valence-corrected chi connectivity index (χ2v) is 5.54. The summed E-state index contributed by atoms with van der Waals surface area (Å²) in [5, 5.41) is 3.50. The van der Waals surface area contributed by atoms with Gasteiger partial charge in [-0.25, -0.2) is 0 Å². The molecule has 1 aromatic rings. The summed E-state index contributed by atoms with van der Waals surface area (Å²) >= 11 is 1.85. The summed E-state index contributed by atoms with van der Waals surface area (Å²) in [4.78, 5) is 1.32. The molecule has 17 heavy (non-hydrogen) atoms. The smallest absolute Gasteiger partial charge is 0.0291 e. The van der Waals surface area contributed by atoms with Crippen molar-refractivity contribution in [3.63, 3.8) is 0 Å². The Kier molecular flexibility index (Phi) is 6.38. The summed E-state index contributed by atoms with van der Waals surface area (Å²) in [7, 11) is 0. The molecule has 0 aliphatic heterocycles. The molecule has 0 fully saturated rings. The average molecular weight is 249 g/mol. The van der Waals surface area contributed by atoms with Gasteiger partial charge in [-0.3, -0.25) is 0 Å². The predicted octanol–water partition coefficient (Wildman–Crippen LogP) is 4.42. The van der Waals surface area contributed by atoms with Gasteiger partial charge in [-0.1, -0.05) is 31.2 Å². The molecule has 1 nitrogen and oxygen atoms in total. The van der Waals surface area contributed by atoms with Gasteiger partial charge >= 0.3 is 0 Å². The molecule has 0 aliphatic rings. The summed E-state index contributed by atoms with van der Waals surface area (Å²) in [6.07, 6.45) is 1.18. The number of nitrogens with one attached hydrogen (secondary N) is 1. The van der Waals surface area contributed by atoms with Crippen molar-refractivity contribution in [3.8, 4) is 0 Å². The van der Waals surface area contributed by atoms with Crippen LogP contribution in [0.3, 0.4) is 0 Å². The fourth-order valence-corrected chi connectivity index (χ4v) is 2.28. The molecular weight excluding hydrogens is 226 g/mol. The van der Waals surface area contributed by atoms with E-state index in [2.05, 4.69) is 56.9 Å². The number of rotatable bonds is 7. The molecule has 0 aromatic heterocycles. The van der Waals surface area contributed by atoms with E-state index >= 15 is 0 Å². The Labute approximate surface area is 110 Å². The standard InChI is InChI=1S/C15H23NS/c1-5-10-16-13(4)14-6-8-15(9-7-14)17-11-12(2)3/h6-9,13,16H,2,5,10-11H2,1,3-4H3. The van der Waals surface area contributed by atoms with Crippen LogP contribution in [0.25, 0.3) is 0 Å².